The SMILES string of the molecule is Cc1ccc(Sc2ncccc2C2=NC(=CN(C)C)C(=O)O2)cc1. The predicted octanol–water partition coefficient (Wildman–Crippen LogP) is 3.25. The highest BCUT2D eigenvalue weighted by molar-refractivity contribution is 7.99. The third-order valence-corrected chi connectivity index (χ3v) is 4.26. The Bertz CT molecular complexity index is 826. The zero-order valence-electron chi connectivity index (χ0n) is 13.7. The fourth-order valence-corrected chi connectivity index (χ4v) is 2.99. The van der Waals surface area contributed by atoms with Crippen LogP contribution in [0.5, 0.6) is 0 Å². The summed E-state index contributed by atoms with van der Waals surface area (Å²) in [6.07, 6.45) is 3.35. The highest BCUT2D eigenvalue weighted by atomic mass is 32.2. The third-order valence-electron chi connectivity index (χ3n) is 3.24. The monoisotopic (exact) mass is 339 g/mol. The number of hydrogen-bond donors (Lipinski definition) is 0. The maximum atomic E-state index is 11.9. The molecule has 0 spiro atoms. The van der Waals surface area contributed by atoms with Crippen LogP contribution in [0.1, 0.15) is 11.1 Å². The van der Waals surface area contributed by atoms with E-state index in [2.05, 4.69) is 22.1 Å². The predicted molar refractivity (Wildman–Crippen MR) is 93.9 cm³/mol. The van der Waals surface area contributed by atoms with Crippen molar-refractivity contribution < 1.29 is 9.53 Å². The van der Waals surface area contributed by atoms with Gasteiger partial charge in [-0.05, 0) is 31.2 Å². The van der Waals surface area contributed by atoms with E-state index in [1.54, 1.807) is 23.4 Å². The minimum atomic E-state index is -0.450. The molecule has 1 aromatic carbocycles. The number of carbonyl (C=O) groups excluding carboxylic acids is 1. The number of hydrogen-bond acceptors (Lipinski definition) is 6. The van der Waals surface area contributed by atoms with Crippen molar-refractivity contribution in [1.82, 2.24) is 9.88 Å². The van der Waals surface area contributed by atoms with E-state index in [-0.39, 0.29) is 11.6 Å². The summed E-state index contributed by atoms with van der Waals surface area (Å²) in [6.45, 7) is 2.05. The number of nitrogens with zero attached hydrogens (tertiary/aromatic N) is 3. The van der Waals surface area contributed by atoms with E-state index < -0.39 is 5.97 Å². The van der Waals surface area contributed by atoms with Crippen molar-refractivity contribution >= 4 is 23.6 Å². The van der Waals surface area contributed by atoms with Crippen molar-refractivity contribution in [1.29, 1.82) is 0 Å². The van der Waals surface area contributed by atoms with Crippen LogP contribution < -0.4 is 0 Å². The first-order valence-electron chi connectivity index (χ1n) is 7.42. The average molecular weight is 339 g/mol. The molecule has 0 unspecified atom stereocenters. The zero-order chi connectivity index (χ0) is 17.1. The van der Waals surface area contributed by atoms with E-state index in [0.29, 0.717) is 5.56 Å². The van der Waals surface area contributed by atoms with Crippen LogP contribution in [0.15, 0.2) is 69.4 Å². The molecule has 2 heterocycles. The average Bonchev–Trinajstić information content (AvgIpc) is 2.90. The number of carbonyl (C=O) groups is 1. The summed E-state index contributed by atoms with van der Waals surface area (Å²) in [6, 6.07) is 11.8. The van der Waals surface area contributed by atoms with Crippen molar-refractivity contribution in [2.24, 2.45) is 4.99 Å². The first-order chi connectivity index (χ1) is 11.5. The Morgan fingerprint density at radius 1 is 1.17 bits per heavy atom. The summed E-state index contributed by atoms with van der Waals surface area (Å²) in [5, 5.41) is 0.749. The quantitative estimate of drug-likeness (QED) is 0.632. The number of cyclic esters (lactones) is 1. The smallest absolute Gasteiger partial charge is 0.365 e. The lowest BCUT2D eigenvalue weighted by atomic mass is 10.2. The van der Waals surface area contributed by atoms with Gasteiger partial charge in [0.25, 0.3) is 0 Å². The molecule has 1 aromatic heterocycles. The van der Waals surface area contributed by atoms with Crippen molar-refractivity contribution in [3.8, 4) is 0 Å². The van der Waals surface area contributed by atoms with Gasteiger partial charge in [0, 0.05) is 31.4 Å². The fraction of sp³-hybridized carbons (Fsp3) is 0.167. The number of benzene rings is 1. The van der Waals surface area contributed by atoms with E-state index in [1.165, 1.54) is 17.3 Å². The minimum Gasteiger partial charge on any atom is -0.402 e. The number of aryl methyl sites for hydroxylation is 1. The molecule has 0 radical (unpaired) electrons. The number of aromatic nitrogens is 1. The largest absolute Gasteiger partial charge is 0.402 e. The second kappa shape index (κ2) is 6.88. The molecule has 0 saturated heterocycles. The molecule has 5 nitrogen and oxygen atoms in total. The first-order valence-corrected chi connectivity index (χ1v) is 8.23. The molecule has 1 aliphatic heterocycles. The lowest BCUT2D eigenvalue weighted by Gasteiger charge is -2.07. The molecular weight excluding hydrogens is 322 g/mol. The topological polar surface area (TPSA) is 54.8 Å². The molecule has 0 atom stereocenters. The van der Waals surface area contributed by atoms with Gasteiger partial charge in [-0.15, -0.1) is 0 Å². The molecule has 3 rings (SSSR count). The molecule has 0 bridgehead atoms. The van der Waals surface area contributed by atoms with Crippen molar-refractivity contribution in [2.75, 3.05) is 14.1 Å². The molecular formula is C18H17N3O2S. The van der Waals surface area contributed by atoms with Crippen molar-refractivity contribution in [2.45, 2.75) is 16.8 Å². The van der Waals surface area contributed by atoms with Gasteiger partial charge in [0.1, 0.15) is 5.03 Å². The van der Waals surface area contributed by atoms with Gasteiger partial charge in [-0.25, -0.2) is 14.8 Å². The minimum absolute atomic E-state index is 0.283. The molecule has 6 heteroatoms. The molecule has 0 amide bonds. The molecule has 122 valence electrons. The highest BCUT2D eigenvalue weighted by Crippen LogP contribution is 2.30. The van der Waals surface area contributed by atoms with Crippen LogP contribution in [0.2, 0.25) is 0 Å². The van der Waals surface area contributed by atoms with E-state index in [1.807, 2.05) is 39.2 Å². The van der Waals surface area contributed by atoms with Crippen LogP contribution in [0.4, 0.5) is 0 Å². The van der Waals surface area contributed by atoms with Gasteiger partial charge in [-0.2, -0.15) is 0 Å². The molecule has 0 saturated carbocycles. The summed E-state index contributed by atoms with van der Waals surface area (Å²) in [5.41, 5.74) is 2.19. The summed E-state index contributed by atoms with van der Waals surface area (Å²) < 4.78 is 5.32. The van der Waals surface area contributed by atoms with Crippen LogP contribution in [0.3, 0.4) is 0 Å². The summed E-state index contributed by atoms with van der Waals surface area (Å²) in [5.74, 6) is -0.162. The van der Waals surface area contributed by atoms with Crippen LogP contribution >= 0.6 is 11.8 Å². The van der Waals surface area contributed by atoms with Crippen LogP contribution in [-0.4, -0.2) is 35.8 Å². The molecule has 2 aromatic rings. The molecule has 24 heavy (non-hydrogen) atoms. The lowest BCUT2D eigenvalue weighted by molar-refractivity contribution is -0.130. The van der Waals surface area contributed by atoms with Gasteiger partial charge in [0.05, 0.1) is 5.56 Å². The van der Waals surface area contributed by atoms with Gasteiger partial charge >= 0.3 is 5.97 Å². The Hall–Kier alpha value is -2.60. The molecule has 0 aliphatic carbocycles. The zero-order valence-corrected chi connectivity index (χ0v) is 14.5. The number of rotatable bonds is 4. The Morgan fingerprint density at radius 2 is 1.92 bits per heavy atom. The Kier molecular flexibility index (Phi) is 4.66. The Morgan fingerprint density at radius 3 is 2.62 bits per heavy atom. The highest BCUT2D eigenvalue weighted by Gasteiger charge is 2.26. The maximum Gasteiger partial charge on any atom is 0.365 e. The van der Waals surface area contributed by atoms with Crippen LogP contribution in [-0.2, 0) is 9.53 Å². The third kappa shape index (κ3) is 3.65. The van der Waals surface area contributed by atoms with Gasteiger partial charge in [-0.3, -0.25) is 0 Å². The Labute approximate surface area is 145 Å². The first kappa shape index (κ1) is 16.3. The van der Waals surface area contributed by atoms with Gasteiger partial charge in [0.15, 0.2) is 5.70 Å². The van der Waals surface area contributed by atoms with Crippen molar-refractivity contribution in [3.63, 3.8) is 0 Å². The maximum absolute atomic E-state index is 11.9. The number of pyridine rings is 1. The normalized spacial score (nSPS) is 15.4. The van der Waals surface area contributed by atoms with Gasteiger partial charge in [-0.1, -0.05) is 29.5 Å². The molecule has 0 fully saturated rings. The van der Waals surface area contributed by atoms with E-state index in [0.717, 1.165) is 9.92 Å². The van der Waals surface area contributed by atoms with Gasteiger partial charge in [0.2, 0.25) is 5.90 Å². The summed E-state index contributed by atoms with van der Waals surface area (Å²) in [4.78, 5) is 23.5. The van der Waals surface area contributed by atoms with E-state index >= 15 is 0 Å². The second-order valence-corrected chi connectivity index (χ2v) is 6.62. The summed E-state index contributed by atoms with van der Waals surface area (Å²) >= 11 is 1.51. The number of esters is 1. The fourth-order valence-electron chi connectivity index (χ4n) is 2.11. The number of aliphatic imine (C=N–C) groups is 1. The second-order valence-electron chi connectivity index (χ2n) is 5.56. The molecule has 1 aliphatic rings. The van der Waals surface area contributed by atoms with E-state index in [9.17, 15) is 4.79 Å². The molecule has 0 N–H and O–H groups in total. The standard InChI is InChI=1S/C18H17N3O2S/c1-12-6-8-13(9-7-12)24-17-14(5-4-10-19-17)16-20-15(11-21(2)3)18(22)23-16/h4-11H,1-3H3. The lowest BCUT2D eigenvalue weighted by Crippen LogP contribution is -2.08. The van der Waals surface area contributed by atoms with Crippen molar-refractivity contribution in [3.05, 3.63) is 65.6 Å². The van der Waals surface area contributed by atoms with Crippen LogP contribution in [0, 0.1) is 6.92 Å². The summed E-state index contributed by atoms with van der Waals surface area (Å²) in [7, 11) is 3.66. The van der Waals surface area contributed by atoms with Gasteiger partial charge < -0.3 is 9.64 Å². The number of ether oxygens (including phenoxy) is 1. The Balaban J connectivity index is 1.92. The van der Waals surface area contributed by atoms with E-state index in [4.69, 9.17) is 4.74 Å². The van der Waals surface area contributed by atoms with Crippen LogP contribution in [0.25, 0.3) is 0 Å².